The van der Waals surface area contributed by atoms with E-state index in [4.69, 9.17) is 26.8 Å². The Bertz CT molecular complexity index is 430. The van der Waals surface area contributed by atoms with Gasteiger partial charge < -0.3 is 15.2 Å². The zero-order valence-corrected chi connectivity index (χ0v) is 9.11. The lowest BCUT2D eigenvalue weighted by Crippen LogP contribution is -2.21. The molecule has 1 atom stereocenters. The van der Waals surface area contributed by atoms with E-state index < -0.39 is 12.1 Å². The fraction of sp³-hybridized carbons (Fsp3) is 0.182. The minimum Gasteiger partial charge on any atom is -0.449 e. The fourth-order valence-corrected chi connectivity index (χ4v) is 1.58. The van der Waals surface area contributed by atoms with Crippen LogP contribution in [0.2, 0.25) is 0 Å². The van der Waals surface area contributed by atoms with Crippen LogP contribution in [0.5, 0.6) is 5.75 Å². The van der Waals surface area contributed by atoms with Crippen molar-refractivity contribution < 1.29 is 14.3 Å². The molecule has 4 nitrogen and oxygen atoms in total. The summed E-state index contributed by atoms with van der Waals surface area (Å²) in [5.74, 6) is -0.0297. The molecule has 0 saturated heterocycles. The lowest BCUT2D eigenvalue weighted by Gasteiger charge is -2.03. The number of hydrogen-bond acceptors (Lipinski definition) is 4. The van der Waals surface area contributed by atoms with Crippen LogP contribution in [0.25, 0.3) is 0 Å². The van der Waals surface area contributed by atoms with Crippen LogP contribution in [-0.2, 0) is 9.53 Å². The van der Waals surface area contributed by atoms with Gasteiger partial charge in [-0.2, -0.15) is 0 Å². The quantitative estimate of drug-likeness (QED) is 0.810. The van der Waals surface area contributed by atoms with Crippen LogP contribution in [0.4, 0.5) is 0 Å². The van der Waals surface area contributed by atoms with Gasteiger partial charge in [0, 0.05) is 6.54 Å². The first kappa shape index (κ1) is 11.0. The third-order valence-electron chi connectivity index (χ3n) is 2.11. The molecule has 0 aliphatic carbocycles. The maximum atomic E-state index is 11.4. The van der Waals surface area contributed by atoms with Gasteiger partial charge in [0.25, 0.3) is 0 Å². The van der Waals surface area contributed by atoms with Gasteiger partial charge in [-0.1, -0.05) is 29.8 Å². The van der Waals surface area contributed by atoms with Crippen LogP contribution in [0.15, 0.2) is 41.1 Å². The van der Waals surface area contributed by atoms with E-state index in [0.29, 0.717) is 5.75 Å². The Kier molecular flexibility index (Phi) is 3.12. The Morgan fingerprint density at radius 2 is 2.06 bits per heavy atom. The van der Waals surface area contributed by atoms with Gasteiger partial charge in [0.15, 0.2) is 6.10 Å². The van der Waals surface area contributed by atoms with Crippen molar-refractivity contribution in [3.63, 3.8) is 0 Å². The number of benzene rings is 1. The smallest absolute Gasteiger partial charge is 0.376 e. The molecule has 2 N–H and O–H groups in total. The number of ether oxygens (including phenoxy) is 2. The number of carbonyl (C=O) groups is 1. The number of halogens is 1. The summed E-state index contributed by atoms with van der Waals surface area (Å²) < 4.78 is 10.3. The summed E-state index contributed by atoms with van der Waals surface area (Å²) in [6, 6.07) is 8.88. The molecule has 1 aromatic carbocycles. The highest BCUT2D eigenvalue weighted by Gasteiger charge is 2.34. The molecule has 0 unspecified atom stereocenters. The van der Waals surface area contributed by atoms with Crippen molar-refractivity contribution in [2.75, 3.05) is 6.54 Å². The SMILES string of the molecule is NC[C@H]1OC(=O)C(Oc2ccccc2)=C1Cl. The fourth-order valence-electron chi connectivity index (χ4n) is 1.33. The van der Waals surface area contributed by atoms with Crippen LogP contribution < -0.4 is 10.5 Å². The molecule has 1 aliphatic heterocycles. The Morgan fingerprint density at radius 3 is 2.62 bits per heavy atom. The highest BCUT2D eigenvalue weighted by atomic mass is 35.5. The molecule has 1 aliphatic rings. The molecule has 1 heterocycles. The molecule has 16 heavy (non-hydrogen) atoms. The van der Waals surface area contributed by atoms with Crippen LogP contribution >= 0.6 is 11.6 Å². The zero-order chi connectivity index (χ0) is 11.5. The predicted octanol–water partition coefficient (Wildman–Crippen LogP) is 1.40. The van der Waals surface area contributed by atoms with E-state index in [1.165, 1.54) is 0 Å². The number of nitrogens with two attached hydrogens (primary N) is 1. The van der Waals surface area contributed by atoms with Gasteiger partial charge in [-0.15, -0.1) is 0 Å². The molecule has 2 rings (SSSR count). The molecule has 0 saturated carbocycles. The first-order valence-electron chi connectivity index (χ1n) is 4.76. The predicted molar refractivity (Wildman–Crippen MR) is 58.9 cm³/mol. The van der Waals surface area contributed by atoms with E-state index in [-0.39, 0.29) is 17.3 Å². The monoisotopic (exact) mass is 239 g/mol. The number of carbonyl (C=O) groups excluding carboxylic acids is 1. The Morgan fingerprint density at radius 1 is 1.38 bits per heavy atom. The van der Waals surface area contributed by atoms with Gasteiger partial charge in [-0.05, 0) is 12.1 Å². The van der Waals surface area contributed by atoms with Crippen LogP contribution in [-0.4, -0.2) is 18.6 Å². The number of esters is 1. The molecule has 84 valence electrons. The first-order chi connectivity index (χ1) is 7.72. The molecule has 0 amide bonds. The number of rotatable bonds is 3. The van der Waals surface area contributed by atoms with Crippen molar-refractivity contribution in [1.82, 2.24) is 0 Å². The molecule has 0 bridgehead atoms. The van der Waals surface area contributed by atoms with Crippen LogP contribution in [0, 0.1) is 0 Å². The Balaban J connectivity index is 2.21. The number of cyclic esters (lactones) is 1. The normalized spacial score (nSPS) is 19.9. The zero-order valence-electron chi connectivity index (χ0n) is 8.35. The second-order valence-corrected chi connectivity index (χ2v) is 3.63. The Labute approximate surface area is 97.6 Å². The minimum absolute atomic E-state index is 0.0170. The summed E-state index contributed by atoms with van der Waals surface area (Å²) in [7, 11) is 0. The topological polar surface area (TPSA) is 61.5 Å². The Hall–Kier alpha value is -1.52. The van der Waals surface area contributed by atoms with E-state index in [9.17, 15) is 4.79 Å². The van der Waals surface area contributed by atoms with Crippen molar-refractivity contribution in [3.8, 4) is 5.75 Å². The largest absolute Gasteiger partial charge is 0.449 e. The summed E-state index contributed by atoms with van der Waals surface area (Å²) >= 11 is 5.92. The molecule has 0 radical (unpaired) electrons. The molecular weight excluding hydrogens is 230 g/mol. The third kappa shape index (κ3) is 2.03. The highest BCUT2D eigenvalue weighted by Crippen LogP contribution is 2.27. The lowest BCUT2D eigenvalue weighted by molar-refractivity contribution is -0.141. The van der Waals surface area contributed by atoms with E-state index in [2.05, 4.69) is 0 Å². The second-order valence-electron chi connectivity index (χ2n) is 3.22. The molecule has 0 aromatic heterocycles. The second kappa shape index (κ2) is 4.55. The third-order valence-corrected chi connectivity index (χ3v) is 2.53. The van der Waals surface area contributed by atoms with Gasteiger partial charge in [0.1, 0.15) is 10.8 Å². The van der Waals surface area contributed by atoms with Crippen LogP contribution in [0.1, 0.15) is 0 Å². The standard InChI is InChI=1S/C11H10ClNO3/c12-9-8(6-13)16-11(14)10(9)15-7-4-2-1-3-5-7/h1-5,8H,6,13H2/t8-/m1/s1. The molecular formula is C11H10ClNO3. The van der Waals surface area contributed by atoms with Gasteiger partial charge in [0.05, 0.1) is 0 Å². The summed E-state index contributed by atoms with van der Waals surface area (Å²) in [5, 5.41) is 0.219. The van der Waals surface area contributed by atoms with E-state index in [0.717, 1.165) is 0 Å². The van der Waals surface area contributed by atoms with E-state index in [1.807, 2.05) is 6.07 Å². The average Bonchev–Trinajstić information content (AvgIpc) is 2.58. The molecule has 1 aromatic rings. The number of para-hydroxylation sites is 1. The van der Waals surface area contributed by atoms with Crippen LogP contribution in [0.3, 0.4) is 0 Å². The van der Waals surface area contributed by atoms with Crippen molar-refractivity contribution in [2.45, 2.75) is 6.10 Å². The molecule has 0 spiro atoms. The summed E-state index contributed by atoms with van der Waals surface area (Å²) in [6.45, 7) is 0.145. The van der Waals surface area contributed by atoms with Crippen molar-refractivity contribution >= 4 is 17.6 Å². The molecule has 0 fully saturated rings. The first-order valence-corrected chi connectivity index (χ1v) is 5.14. The van der Waals surface area contributed by atoms with Gasteiger partial charge in [-0.25, -0.2) is 4.79 Å². The van der Waals surface area contributed by atoms with Crippen molar-refractivity contribution in [3.05, 3.63) is 41.1 Å². The van der Waals surface area contributed by atoms with E-state index in [1.54, 1.807) is 24.3 Å². The number of hydrogen-bond donors (Lipinski definition) is 1. The maximum Gasteiger partial charge on any atom is 0.376 e. The van der Waals surface area contributed by atoms with Gasteiger partial charge >= 0.3 is 5.97 Å². The van der Waals surface area contributed by atoms with Gasteiger partial charge in [-0.3, -0.25) is 0 Å². The van der Waals surface area contributed by atoms with Gasteiger partial charge in [0.2, 0.25) is 5.76 Å². The van der Waals surface area contributed by atoms with E-state index >= 15 is 0 Å². The maximum absolute atomic E-state index is 11.4. The summed E-state index contributed by atoms with van der Waals surface area (Å²) in [4.78, 5) is 11.4. The molecule has 5 heteroatoms. The summed E-state index contributed by atoms with van der Waals surface area (Å²) in [6.07, 6.45) is -0.590. The summed E-state index contributed by atoms with van der Waals surface area (Å²) in [5.41, 5.74) is 5.39. The highest BCUT2D eigenvalue weighted by molar-refractivity contribution is 6.33. The van der Waals surface area contributed by atoms with Crippen molar-refractivity contribution in [1.29, 1.82) is 0 Å². The minimum atomic E-state index is -0.590. The average molecular weight is 240 g/mol. The lowest BCUT2D eigenvalue weighted by atomic mass is 10.3. The van der Waals surface area contributed by atoms with Crippen molar-refractivity contribution in [2.24, 2.45) is 5.73 Å².